The van der Waals surface area contributed by atoms with Gasteiger partial charge in [0.25, 0.3) is 0 Å². The number of rotatable bonds is 3. The molecule has 2 N–H and O–H groups in total. The first kappa shape index (κ1) is 12.8. The highest BCUT2D eigenvalue weighted by atomic mass is 19.2. The van der Waals surface area contributed by atoms with E-state index in [4.69, 9.17) is 9.84 Å². The number of aliphatic carboxylic acids is 1. The quantitative estimate of drug-likeness (QED) is 0.865. The number of hydrogen-bond donors (Lipinski definition) is 2. The minimum atomic E-state index is -0.983. The highest BCUT2D eigenvalue weighted by Gasteiger charge is 2.32. The van der Waals surface area contributed by atoms with E-state index in [1.165, 1.54) is 7.11 Å². The van der Waals surface area contributed by atoms with Crippen LogP contribution >= 0.6 is 0 Å². The highest BCUT2D eigenvalue weighted by Crippen LogP contribution is 2.34. The van der Waals surface area contributed by atoms with Crippen LogP contribution in [-0.2, 0) is 4.79 Å². The largest absolute Gasteiger partial charge is 0.496 e. The minimum absolute atomic E-state index is 0.220. The SMILES string of the molecule is COc1cc(F)c(F)cc1C1CC(C(=O)O)CN1. The van der Waals surface area contributed by atoms with Gasteiger partial charge in [-0.2, -0.15) is 0 Å². The normalized spacial score (nSPS) is 23.1. The molecule has 4 nitrogen and oxygen atoms in total. The molecule has 0 aliphatic carbocycles. The summed E-state index contributed by atoms with van der Waals surface area (Å²) in [6.07, 6.45) is 0.330. The van der Waals surface area contributed by atoms with Crippen LogP contribution in [0.4, 0.5) is 8.78 Å². The Morgan fingerprint density at radius 1 is 1.44 bits per heavy atom. The molecule has 1 aromatic carbocycles. The van der Waals surface area contributed by atoms with E-state index in [1.54, 1.807) is 0 Å². The number of methoxy groups -OCH3 is 1. The van der Waals surface area contributed by atoms with Gasteiger partial charge in [0.2, 0.25) is 0 Å². The monoisotopic (exact) mass is 257 g/mol. The molecule has 0 saturated carbocycles. The van der Waals surface area contributed by atoms with Crippen LogP contribution < -0.4 is 10.1 Å². The molecule has 0 radical (unpaired) electrons. The van der Waals surface area contributed by atoms with Gasteiger partial charge in [-0.15, -0.1) is 0 Å². The third kappa shape index (κ3) is 2.28. The van der Waals surface area contributed by atoms with Crippen LogP contribution in [0.25, 0.3) is 0 Å². The molecule has 0 amide bonds. The summed E-state index contributed by atoms with van der Waals surface area (Å²) in [4.78, 5) is 10.8. The zero-order valence-electron chi connectivity index (χ0n) is 9.74. The Morgan fingerprint density at radius 3 is 2.67 bits per heavy atom. The van der Waals surface area contributed by atoms with Crippen molar-refractivity contribution in [3.8, 4) is 5.75 Å². The molecule has 1 aromatic rings. The zero-order chi connectivity index (χ0) is 13.3. The number of carboxylic acid groups (broad SMARTS) is 1. The van der Waals surface area contributed by atoms with Gasteiger partial charge in [-0.25, -0.2) is 8.78 Å². The lowest BCUT2D eigenvalue weighted by Crippen LogP contribution is -2.17. The number of halogens is 2. The van der Waals surface area contributed by atoms with Crippen molar-refractivity contribution in [1.82, 2.24) is 5.32 Å². The summed E-state index contributed by atoms with van der Waals surface area (Å²) < 4.78 is 31.3. The van der Waals surface area contributed by atoms with Gasteiger partial charge in [-0.3, -0.25) is 4.79 Å². The second kappa shape index (κ2) is 4.89. The van der Waals surface area contributed by atoms with Crippen LogP contribution in [0, 0.1) is 17.6 Å². The molecular weight excluding hydrogens is 244 g/mol. The summed E-state index contributed by atoms with van der Waals surface area (Å²) in [6, 6.07) is 1.69. The summed E-state index contributed by atoms with van der Waals surface area (Å²) in [6.45, 7) is 0.308. The van der Waals surface area contributed by atoms with Gasteiger partial charge in [0.1, 0.15) is 5.75 Å². The van der Waals surface area contributed by atoms with Gasteiger partial charge in [-0.1, -0.05) is 0 Å². The van der Waals surface area contributed by atoms with Crippen molar-refractivity contribution in [2.75, 3.05) is 13.7 Å². The summed E-state index contributed by atoms with van der Waals surface area (Å²) in [5.41, 5.74) is 0.445. The van der Waals surface area contributed by atoms with Crippen molar-refractivity contribution < 1.29 is 23.4 Å². The number of carbonyl (C=O) groups is 1. The predicted octanol–water partition coefficient (Wildman–Crippen LogP) is 1.71. The second-order valence-electron chi connectivity index (χ2n) is 4.24. The van der Waals surface area contributed by atoms with Crippen LogP contribution in [0.2, 0.25) is 0 Å². The molecule has 1 saturated heterocycles. The Morgan fingerprint density at radius 2 is 2.11 bits per heavy atom. The maximum atomic E-state index is 13.2. The van der Waals surface area contributed by atoms with Crippen LogP contribution in [0.15, 0.2) is 12.1 Å². The van der Waals surface area contributed by atoms with Crippen LogP contribution in [0.5, 0.6) is 5.75 Å². The van der Waals surface area contributed by atoms with E-state index in [0.717, 1.165) is 12.1 Å². The standard InChI is InChI=1S/C12H13F2NO3/c1-18-11-4-9(14)8(13)3-7(11)10-2-6(5-15-10)12(16)17/h3-4,6,10,15H,2,5H2,1H3,(H,16,17). The van der Waals surface area contributed by atoms with E-state index in [-0.39, 0.29) is 11.8 Å². The lowest BCUT2D eigenvalue weighted by molar-refractivity contribution is -0.141. The molecule has 1 aliphatic rings. The Kier molecular flexibility index (Phi) is 3.47. The third-order valence-electron chi connectivity index (χ3n) is 3.13. The molecule has 98 valence electrons. The number of benzene rings is 1. The first-order valence-electron chi connectivity index (χ1n) is 5.52. The molecule has 6 heteroatoms. The molecule has 2 unspecified atom stereocenters. The van der Waals surface area contributed by atoms with Crippen LogP contribution in [0.3, 0.4) is 0 Å². The number of hydrogen-bond acceptors (Lipinski definition) is 3. The van der Waals surface area contributed by atoms with E-state index >= 15 is 0 Å². The number of ether oxygens (including phenoxy) is 1. The Hall–Kier alpha value is -1.69. The van der Waals surface area contributed by atoms with E-state index < -0.39 is 23.5 Å². The molecule has 1 heterocycles. The van der Waals surface area contributed by atoms with Crippen LogP contribution in [0.1, 0.15) is 18.0 Å². The fourth-order valence-corrected chi connectivity index (χ4v) is 2.15. The smallest absolute Gasteiger partial charge is 0.307 e. The van der Waals surface area contributed by atoms with Crippen molar-refractivity contribution in [2.24, 2.45) is 5.92 Å². The zero-order valence-corrected chi connectivity index (χ0v) is 9.74. The highest BCUT2D eigenvalue weighted by molar-refractivity contribution is 5.71. The van der Waals surface area contributed by atoms with E-state index in [0.29, 0.717) is 18.5 Å². The van der Waals surface area contributed by atoms with Gasteiger partial charge in [0.15, 0.2) is 11.6 Å². The molecule has 0 aromatic heterocycles. The number of carboxylic acids is 1. The maximum Gasteiger partial charge on any atom is 0.307 e. The lowest BCUT2D eigenvalue weighted by atomic mass is 9.99. The van der Waals surface area contributed by atoms with Crippen molar-refractivity contribution in [2.45, 2.75) is 12.5 Å². The van der Waals surface area contributed by atoms with Gasteiger partial charge >= 0.3 is 5.97 Å². The molecule has 0 bridgehead atoms. The lowest BCUT2D eigenvalue weighted by Gasteiger charge is -2.15. The molecule has 2 atom stereocenters. The summed E-state index contributed by atoms with van der Waals surface area (Å²) >= 11 is 0. The van der Waals surface area contributed by atoms with E-state index in [2.05, 4.69) is 5.32 Å². The molecule has 0 spiro atoms. The summed E-state index contributed by atoms with van der Waals surface area (Å²) in [7, 11) is 1.36. The summed E-state index contributed by atoms with van der Waals surface area (Å²) in [5, 5.41) is 11.9. The second-order valence-corrected chi connectivity index (χ2v) is 4.24. The topological polar surface area (TPSA) is 58.6 Å². The fraction of sp³-hybridized carbons (Fsp3) is 0.417. The molecule has 1 aliphatic heterocycles. The first-order chi connectivity index (χ1) is 8.52. The van der Waals surface area contributed by atoms with Crippen molar-refractivity contribution >= 4 is 5.97 Å². The first-order valence-corrected chi connectivity index (χ1v) is 5.52. The summed E-state index contributed by atoms with van der Waals surface area (Å²) in [5.74, 6) is -3.15. The number of nitrogens with one attached hydrogen (secondary N) is 1. The minimum Gasteiger partial charge on any atom is -0.496 e. The van der Waals surface area contributed by atoms with Crippen LogP contribution in [-0.4, -0.2) is 24.7 Å². The Balaban J connectivity index is 2.29. The fourth-order valence-electron chi connectivity index (χ4n) is 2.15. The molecule has 2 rings (SSSR count). The van der Waals surface area contributed by atoms with E-state index in [9.17, 15) is 13.6 Å². The Labute approximate surface area is 103 Å². The molecule has 18 heavy (non-hydrogen) atoms. The van der Waals surface area contributed by atoms with Gasteiger partial charge in [0.05, 0.1) is 13.0 Å². The average Bonchev–Trinajstić information content (AvgIpc) is 2.81. The maximum absolute atomic E-state index is 13.2. The van der Waals surface area contributed by atoms with Crippen molar-refractivity contribution in [1.29, 1.82) is 0 Å². The molecule has 1 fully saturated rings. The third-order valence-corrected chi connectivity index (χ3v) is 3.13. The van der Waals surface area contributed by atoms with Gasteiger partial charge in [-0.05, 0) is 12.5 Å². The van der Waals surface area contributed by atoms with Gasteiger partial charge < -0.3 is 15.2 Å². The van der Waals surface area contributed by atoms with Crippen molar-refractivity contribution in [3.05, 3.63) is 29.3 Å². The van der Waals surface area contributed by atoms with E-state index in [1.807, 2.05) is 0 Å². The molecular formula is C12H13F2NO3. The average molecular weight is 257 g/mol. The predicted molar refractivity (Wildman–Crippen MR) is 59.4 cm³/mol. The Bertz CT molecular complexity index is 479. The van der Waals surface area contributed by atoms with Crippen molar-refractivity contribution in [3.63, 3.8) is 0 Å². The van der Waals surface area contributed by atoms with Gasteiger partial charge in [0, 0.05) is 24.2 Å².